The smallest absolute Gasteiger partial charge is 0.340 e. The number of nitrogens with one attached hydrogen (secondary N) is 1. The molecule has 5 heteroatoms. The third kappa shape index (κ3) is 4.63. The number of anilines is 1. The largest absolute Gasteiger partial charge is 0.459 e. The Morgan fingerprint density at radius 3 is 2.66 bits per heavy atom. The van der Waals surface area contributed by atoms with E-state index in [1.54, 1.807) is 24.3 Å². The van der Waals surface area contributed by atoms with E-state index in [2.05, 4.69) is 5.32 Å². The minimum atomic E-state index is -0.457. The van der Waals surface area contributed by atoms with Gasteiger partial charge in [0.1, 0.15) is 6.61 Å². The summed E-state index contributed by atoms with van der Waals surface area (Å²) in [6.07, 6.45) is 2.08. The number of esters is 1. The molecule has 1 fully saturated rings. The molecule has 1 amide bonds. The van der Waals surface area contributed by atoms with Crippen molar-refractivity contribution < 1.29 is 19.1 Å². The Labute approximate surface area is 169 Å². The van der Waals surface area contributed by atoms with Gasteiger partial charge < -0.3 is 14.8 Å². The molecule has 5 nitrogen and oxygen atoms in total. The van der Waals surface area contributed by atoms with Gasteiger partial charge in [0.25, 0.3) is 0 Å². The maximum Gasteiger partial charge on any atom is 0.340 e. The summed E-state index contributed by atoms with van der Waals surface area (Å²) in [5.74, 6) is -0.637. The highest BCUT2D eigenvalue weighted by Gasteiger charge is 2.20. The van der Waals surface area contributed by atoms with Crippen molar-refractivity contribution in [1.29, 1.82) is 0 Å². The van der Waals surface area contributed by atoms with E-state index in [-0.39, 0.29) is 25.0 Å². The van der Waals surface area contributed by atoms with Gasteiger partial charge in [-0.25, -0.2) is 4.79 Å². The second kappa shape index (κ2) is 8.88. The molecular formula is C24H23NO4. The molecule has 0 radical (unpaired) electrons. The maximum absolute atomic E-state index is 12.7. The molecule has 1 N–H and O–H groups in total. The third-order valence-corrected chi connectivity index (χ3v) is 5.08. The molecule has 0 spiro atoms. The van der Waals surface area contributed by atoms with Crippen molar-refractivity contribution >= 4 is 28.3 Å². The normalized spacial score (nSPS) is 15.9. The van der Waals surface area contributed by atoms with Crippen molar-refractivity contribution in [2.24, 2.45) is 0 Å². The number of amides is 1. The van der Waals surface area contributed by atoms with Crippen LogP contribution in [0.2, 0.25) is 0 Å². The van der Waals surface area contributed by atoms with Crippen molar-refractivity contribution in [2.45, 2.75) is 25.4 Å². The van der Waals surface area contributed by atoms with Crippen LogP contribution in [0.5, 0.6) is 0 Å². The Morgan fingerprint density at radius 2 is 1.79 bits per heavy atom. The molecule has 1 unspecified atom stereocenters. The van der Waals surface area contributed by atoms with Gasteiger partial charge in [0.2, 0.25) is 5.91 Å². The zero-order chi connectivity index (χ0) is 20.1. The first-order valence-corrected chi connectivity index (χ1v) is 9.85. The van der Waals surface area contributed by atoms with E-state index >= 15 is 0 Å². The lowest BCUT2D eigenvalue weighted by molar-refractivity contribution is -0.115. The lowest BCUT2D eigenvalue weighted by Crippen LogP contribution is -2.20. The summed E-state index contributed by atoms with van der Waals surface area (Å²) in [5, 5.41) is 5.01. The van der Waals surface area contributed by atoms with Crippen molar-refractivity contribution in [3.05, 3.63) is 77.9 Å². The summed E-state index contributed by atoms with van der Waals surface area (Å²) in [7, 11) is 0. The number of rotatable bonds is 6. The Balaban J connectivity index is 1.45. The number of carbonyl (C=O) groups excluding carboxylic acids is 2. The van der Waals surface area contributed by atoms with Gasteiger partial charge in [-0.2, -0.15) is 0 Å². The van der Waals surface area contributed by atoms with Gasteiger partial charge in [-0.05, 0) is 41.3 Å². The average molecular weight is 389 g/mol. The summed E-state index contributed by atoms with van der Waals surface area (Å²) in [6.45, 7) is 0.945. The molecule has 0 saturated carbocycles. The predicted molar refractivity (Wildman–Crippen MR) is 112 cm³/mol. The zero-order valence-electron chi connectivity index (χ0n) is 16.1. The molecule has 3 aromatic rings. The van der Waals surface area contributed by atoms with Crippen LogP contribution in [-0.4, -0.2) is 31.2 Å². The van der Waals surface area contributed by atoms with Crippen LogP contribution in [0.25, 0.3) is 10.8 Å². The van der Waals surface area contributed by atoms with Gasteiger partial charge in [-0.1, -0.05) is 54.6 Å². The van der Waals surface area contributed by atoms with E-state index in [0.29, 0.717) is 17.9 Å². The van der Waals surface area contributed by atoms with Crippen LogP contribution in [0.1, 0.15) is 28.8 Å². The number of para-hydroxylation sites is 1. The van der Waals surface area contributed by atoms with E-state index < -0.39 is 5.97 Å². The number of carbonyl (C=O) groups is 2. The molecule has 148 valence electrons. The standard InChI is InChI=1S/C24H23NO4/c26-23(15-18-9-5-8-17-7-1-2-11-20(17)18)25-22-13-4-3-12-21(22)24(27)29-16-19-10-6-14-28-19/h1-5,7-9,11-13,19H,6,10,14-16H2,(H,25,26). The van der Waals surface area contributed by atoms with Crippen LogP contribution in [0.3, 0.4) is 0 Å². The van der Waals surface area contributed by atoms with Gasteiger partial charge in [0.15, 0.2) is 0 Å². The van der Waals surface area contributed by atoms with E-state index in [0.717, 1.165) is 29.2 Å². The lowest BCUT2D eigenvalue weighted by atomic mass is 10.0. The number of fused-ring (bicyclic) bond motifs is 1. The van der Waals surface area contributed by atoms with Crippen LogP contribution in [0.15, 0.2) is 66.7 Å². The van der Waals surface area contributed by atoms with Crippen LogP contribution in [-0.2, 0) is 20.7 Å². The van der Waals surface area contributed by atoms with Crippen molar-refractivity contribution in [2.75, 3.05) is 18.5 Å². The Bertz CT molecular complexity index is 1020. The summed E-state index contributed by atoms with van der Waals surface area (Å²) in [6, 6.07) is 20.8. The van der Waals surface area contributed by atoms with E-state index in [1.165, 1.54) is 0 Å². The second-order valence-electron chi connectivity index (χ2n) is 7.14. The summed E-state index contributed by atoms with van der Waals surface area (Å²) < 4.78 is 10.9. The minimum absolute atomic E-state index is 0.0351. The number of hydrogen-bond acceptors (Lipinski definition) is 4. The van der Waals surface area contributed by atoms with E-state index in [4.69, 9.17) is 9.47 Å². The van der Waals surface area contributed by atoms with E-state index in [1.807, 2.05) is 42.5 Å². The summed E-state index contributed by atoms with van der Waals surface area (Å²) in [5.41, 5.74) is 1.74. The monoisotopic (exact) mass is 389 g/mol. The van der Waals surface area contributed by atoms with Gasteiger partial charge >= 0.3 is 5.97 Å². The van der Waals surface area contributed by atoms with Crippen LogP contribution in [0.4, 0.5) is 5.69 Å². The van der Waals surface area contributed by atoms with Gasteiger partial charge in [0, 0.05) is 6.61 Å². The van der Waals surface area contributed by atoms with Crippen molar-refractivity contribution in [3.8, 4) is 0 Å². The number of hydrogen-bond donors (Lipinski definition) is 1. The average Bonchev–Trinajstić information content (AvgIpc) is 3.26. The molecule has 1 aliphatic heterocycles. The van der Waals surface area contributed by atoms with E-state index in [9.17, 15) is 9.59 Å². The Morgan fingerprint density at radius 1 is 1.00 bits per heavy atom. The van der Waals surface area contributed by atoms with Crippen LogP contribution >= 0.6 is 0 Å². The molecule has 0 bridgehead atoms. The third-order valence-electron chi connectivity index (χ3n) is 5.08. The highest BCUT2D eigenvalue weighted by Crippen LogP contribution is 2.21. The predicted octanol–water partition coefficient (Wildman–Crippen LogP) is 4.36. The second-order valence-corrected chi connectivity index (χ2v) is 7.14. The fourth-order valence-corrected chi connectivity index (χ4v) is 3.61. The van der Waals surface area contributed by atoms with Crippen LogP contribution < -0.4 is 5.32 Å². The Kier molecular flexibility index (Phi) is 5.86. The number of benzene rings is 3. The molecule has 4 rings (SSSR count). The van der Waals surface area contributed by atoms with Gasteiger partial charge in [-0.15, -0.1) is 0 Å². The number of ether oxygens (including phenoxy) is 2. The van der Waals surface area contributed by atoms with Crippen LogP contribution in [0, 0.1) is 0 Å². The topological polar surface area (TPSA) is 64.6 Å². The highest BCUT2D eigenvalue weighted by molar-refractivity contribution is 6.02. The van der Waals surface area contributed by atoms with Gasteiger partial charge in [-0.3, -0.25) is 4.79 Å². The molecule has 1 aliphatic rings. The maximum atomic E-state index is 12.7. The quantitative estimate of drug-likeness (QED) is 0.637. The first-order chi connectivity index (χ1) is 14.2. The van der Waals surface area contributed by atoms with Crippen molar-refractivity contribution in [3.63, 3.8) is 0 Å². The molecule has 0 aliphatic carbocycles. The molecular weight excluding hydrogens is 366 g/mol. The lowest BCUT2D eigenvalue weighted by Gasteiger charge is -2.13. The molecule has 1 saturated heterocycles. The highest BCUT2D eigenvalue weighted by atomic mass is 16.6. The molecule has 1 heterocycles. The Hall–Kier alpha value is -3.18. The molecule has 3 aromatic carbocycles. The SMILES string of the molecule is O=C(Cc1cccc2ccccc12)Nc1ccccc1C(=O)OCC1CCCO1. The molecule has 0 aromatic heterocycles. The summed E-state index contributed by atoms with van der Waals surface area (Å²) >= 11 is 0. The van der Waals surface area contributed by atoms with Crippen molar-refractivity contribution in [1.82, 2.24) is 0 Å². The first-order valence-electron chi connectivity index (χ1n) is 9.85. The fraction of sp³-hybridized carbons (Fsp3) is 0.250. The fourth-order valence-electron chi connectivity index (χ4n) is 3.61. The zero-order valence-corrected chi connectivity index (χ0v) is 16.1. The molecule has 1 atom stereocenters. The van der Waals surface area contributed by atoms with Gasteiger partial charge in [0.05, 0.1) is 23.8 Å². The minimum Gasteiger partial charge on any atom is -0.459 e. The first kappa shape index (κ1) is 19.2. The molecule has 29 heavy (non-hydrogen) atoms. The summed E-state index contributed by atoms with van der Waals surface area (Å²) in [4.78, 5) is 25.2.